The van der Waals surface area contributed by atoms with E-state index in [2.05, 4.69) is 45.7 Å². The normalized spacial score (nSPS) is 28.4. The molecule has 1 heterocycles. The van der Waals surface area contributed by atoms with E-state index in [0.29, 0.717) is 0 Å². The zero-order valence-electron chi connectivity index (χ0n) is 11.7. The van der Waals surface area contributed by atoms with Gasteiger partial charge in [0, 0.05) is 11.1 Å². The lowest BCUT2D eigenvalue weighted by molar-refractivity contribution is -0.122. The summed E-state index contributed by atoms with van der Waals surface area (Å²) in [6.07, 6.45) is 6.55. The molecule has 0 atom stereocenters. The van der Waals surface area contributed by atoms with Gasteiger partial charge in [0.15, 0.2) is 0 Å². The molecule has 0 bridgehead atoms. The van der Waals surface area contributed by atoms with Crippen LogP contribution in [0.25, 0.3) is 0 Å². The molecule has 0 aliphatic carbocycles. The van der Waals surface area contributed by atoms with Gasteiger partial charge in [0.1, 0.15) is 0 Å². The molecule has 0 spiro atoms. The Morgan fingerprint density at radius 3 is 1.94 bits per heavy atom. The van der Waals surface area contributed by atoms with E-state index in [1.54, 1.807) is 0 Å². The van der Waals surface area contributed by atoms with Gasteiger partial charge < -0.3 is 5.11 Å². The highest BCUT2D eigenvalue weighted by Gasteiger charge is 2.49. The van der Waals surface area contributed by atoms with Gasteiger partial charge in [-0.25, -0.2) is 0 Å². The van der Waals surface area contributed by atoms with Crippen molar-refractivity contribution in [2.45, 2.75) is 70.6 Å². The summed E-state index contributed by atoms with van der Waals surface area (Å²) in [4.78, 5) is 2.39. The van der Waals surface area contributed by atoms with E-state index >= 15 is 0 Å². The van der Waals surface area contributed by atoms with Crippen LogP contribution in [0.2, 0.25) is 0 Å². The maximum atomic E-state index is 10.7. The van der Waals surface area contributed by atoms with E-state index in [-0.39, 0.29) is 11.1 Å². The number of hydrogen-bond donors (Lipinski definition) is 1. The summed E-state index contributed by atoms with van der Waals surface area (Å²) in [5, 5.41) is 10.7. The summed E-state index contributed by atoms with van der Waals surface area (Å²) in [6.45, 7) is 10.9. The molecule has 1 aliphatic rings. The molecule has 0 aromatic carbocycles. The van der Waals surface area contributed by atoms with Crippen LogP contribution in [0.1, 0.15) is 53.9 Å². The van der Waals surface area contributed by atoms with Crippen LogP contribution in [0.4, 0.5) is 0 Å². The molecule has 1 fully saturated rings. The number of aliphatic hydroxyl groups is 1. The lowest BCUT2D eigenvalue weighted by atomic mass is 9.70. The number of hydrogen-bond acceptors (Lipinski definition) is 2. The third kappa shape index (κ3) is 2.67. The molecule has 0 saturated carbocycles. The molecule has 1 rings (SSSR count). The molecule has 0 amide bonds. The summed E-state index contributed by atoms with van der Waals surface area (Å²) in [7, 11) is 2.16. The van der Waals surface area contributed by atoms with Crippen molar-refractivity contribution >= 4 is 0 Å². The quantitative estimate of drug-likeness (QED) is 0.730. The summed E-state index contributed by atoms with van der Waals surface area (Å²) < 4.78 is 0. The monoisotopic (exact) mass is 225 g/mol. The fraction of sp³-hybridized carbons (Fsp3) is 0.857. The van der Waals surface area contributed by atoms with E-state index in [9.17, 15) is 5.11 Å². The zero-order valence-corrected chi connectivity index (χ0v) is 11.7. The van der Waals surface area contributed by atoms with Gasteiger partial charge in [-0.1, -0.05) is 12.2 Å². The Kier molecular flexibility index (Phi) is 3.56. The van der Waals surface area contributed by atoms with Gasteiger partial charge >= 0.3 is 0 Å². The van der Waals surface area contributed by atoms with Gasteiger partial charge in [0.2, 0.25) is 0 Å². The minimum Gasteiger partial charge on any atom is -0.389 e. The number of rotatable bonds is 2. The second kappa shape index (κ2) is 4.15. The maximum absolute atomic E-state index is 10.7. The summed E-state index contributed by atoms with van der Waals surface area (Å²) >= 11 is 0. The molecule has 16 heavy (non-hydrogen) atoms. The Hall–Kier alpha value is -0.340. The van der Waals surface area contributed by atoms with Crippen LogP contribution in [-0.4, -0.2) is 33.7 Å². The lowest BCUT2D eigenvalue weighted by Crippen LogP contribution is -2.63. The van der Waals surface area contributed by atoms with E-state index < -0.39 is 5.60 Å². The molecular weight excluding hydrogens is 198 g/mol. The third-order valence-electron chi connectivity index (χ3n) is 4.07. The van der Waals surface area contributed by atoms with E-state index in [4.69, 9.17) is 0 Å². The Labute approximate surface area is 100 Å². The molecule has 2 heteroatoms. The van der Waals surface area contributed by atoms with Crippen LogP contribution in [0.5, 0.6) is 0 Å². The van der Waals surface area contributed by atoms with Crippen LogP contribution in [-0.2, 0) is 0 Å². The molecule has 0 radical (unpaired) electrons. The number of likely N-dealkylation sites (tertiary alicyclic amines) is 1. The highest BCUT2D eigenvalue weighted by atomic mass is 16.3. The van der Waals surface area contributed by atoms with Gasteiger partial charge in [0.05, 0.1) is 5.60 Å². The predicted molar refractivity (Wildman–Crippen MR) is 69.5 cm³/mol. The fourth-order valence-corrected chi connectivity index (χ4v) is 3.21. The van der Waals surface area contributed by atoms with Gasteiger partial charge in [-0.3, -0.25) is 4.90 Å². The van der Waals surface area contributed by atoms with Crippen LogP contribution in [0.15, 0.2) is 12.2 Å². The van der Waals surface area contributed by atoms with Crippen molar-refractivity contribution in [2.24, 2.45) is 0 Å². The van der Waals surface area contributed by atoms with Crippen LogP contribution in [0, 0.1) is 0 Å². The molecule has 0 unspecified atom stereocenters. The first-order valence-electron chi connectivity index (χ1n) is 6.20. The number of piperidine rings is 1. The van der Waals surface area contributed by atoms with Crippen molar-refractivity contribution in [2.75, 3.05) is 7.05 Å². The molecule has 1 saturated heterocycles. The highest BCUT2D eigenvalue weighted by Crippen LogP contribution is 2.43. The van der Waals surface area contributed by atoms with Gasteiger partial charge in [-0.2, -0.15) is 0 Å². The second-order valence-corrected chi connectivity index (χ2v) is 6.53. The molecule has 2 nitrogen and oxygen atoms in total. The third-order valence-corrected chi connectivity index (χ3v) is 4.07. The minimum absolute atomic E-state index is 0.0537. The molecule has 1 N–H and O–H groups in total. The molecule has 0 aromatic heterocycles. The molecule has 0 aromatic rings. The SMILES string of the molecule is CC=CCC1(O)CC(C)(C)N(C)C(C)(C)C1. The highest BCUT2D eigenvalue weighted by molar-refractivity contribution is 5.07. The van der Waals surface area contributed by atoms with E-state index in [1.165, 1.54) is 0 Å². The van der Waals surface area contributed by atoms with Crippen LogP contribution < -0.4 is 0 Å². The largest absolute Gasteiger partial charge is 0.389 e. The first-order valence-corrected chi connectivity index (χ1v) is 6.20. The second-order valence-electron chi connectivity index (χ2n) is 6.53. The number of allylic oxidation sites excluding steroid dienone is 1. The molecule has 1 aliphatic heterocycles. The summed E-state index contributed by atoms with van der Waals surface area (Å²) in [6, 6.07) is 0. The Morgan fingerprint density at radius 2 is 1.56 bits per heavy atom. The maximum Gasteiger partial charge on any atom is 0.0716 e. The van der Waals surface area contributed by atoms with Crippen molar-refractivity contribution in [1.29, 1.82) is 0 Å². The smallest absolute Gasteiger partial charge is 0.0716 e. The standard InChI is InChI=1S/C14H27NO/c1-7-8-9-14(16)10-12(2,3)15(6)13(4,5)11-14/h7-8,16H,9-11H2,1-6H3. The summed E-state index contributed by atoms with van der Waals surface area (Å²) in [5.41, 5.74) is -0.442. The first-order chi connectivity index (χ1) is 7.13. The van der Waals surface area contributed by atoms with Crippen LogP contribution in [0.3, 0.4) is 0 Å². The Balaban J connectivity index is 2.93. The van der Waals surface area contributed by atoms with E-state index in [1.807, 2.05) is 13.0 Å². The van der Waals surface area contributed by atoms with Crippen molar-refractivity contribution in [3.63, 3.8) is 0 Å². The van der Waals surface area contributed by atoms with Crippen molar-refractivity contribution in [3.05, 3.63) is 12.2 Å². The molecule has 94 valence electrons. The fourth-order valence-electron chi connectivity index (χ4n) is 3.21. The van der Waals surface area contributed by atoms with E-state index in [0.717, 1.165) is 19.3 Å². The average Bonchev–Trinajstić information content (AvgIpc) is 2.10. The Bertz CT molecular complexity index is 260. The van der Waals surface area contributed by atoms with Crippen molar-refractivity contribution in [1.82, 2.24) is 4.90 Å². The average molecular weight is 225 g/mol. The topological polar surface area (TPSA) is 23.5 Å². The van der Waals surface area contributed by atoms with Gasteiger partial charge in [-0.15, -0.1) is 0 Å². The molecular formula is C14H27NO. The van der Waals surface area contributed by atoms with Gasteiger partial charge in [0.25, 0.3) is 0 Å². The predicted octanol–water partition coefficient (Wildman–Crippen LogP) is 2.97. The van der Waals surface area contributed by atoms with Gasteiger partial charge in [-0.05, 0) is 60.9 Å². The number of nitrogens with zero attached hydrogens (tertiary/aromatic N) is 1. The minimum atomic E-state index is -0.550. The lowest BCUT2D eigenvalue weighted by Gasteiger charge is -2.56. The van der Waals surface area contributed by atoms with Crippen molar-refractivity contribution < 1.29 is 5.11 Å². The summed E-state index contributed by atoms with van der Waals surface area (Å²) in [5.74, 6) is 0. The first kappa shape index (κ1) is 13.7. The van der Waals surface area contributed by atoms with Crippen LogP contribution >= 0.6 is 0 Å². The zero-order chi connectivity index (χ0) is 12.6. The van der Waals surface area contributed by atoms with Crippen molar-refractivity contribution in [3.8, 4) is 0 Å². The Morgan fingerprint density at radius 1 is 1.12 bits per heavy atom.